The van der Waals surface area contributed by atoms with E-state index < -0.39 is 0 Å². The third kappa shape index (κ3) is 4.01. The van der Waals surface area contributed by atoms with Crippen LogP contribution in [0.1, 0.15) is 5.56 Å². The van der Waals surface area contributed by atoms with Crippen molar-refractivity contribution in [2.24, 2.45) is 10.7 Å². The highest BCUT2D eigenvalue weighted by atomic mass is 16.5. The van der Waals surface area contributed by atoms with Gasteiger partial charge in [-0.1, -0.05) is 0 Å². The molecule has 0 spiro atoms. The Morgan fingerprint density at radius 1 is 1.22 bits per heavy atom. The summed E-state index contributed by atoms with van der Waals surface area (Å²) >= 11 is 0. The lowest BCUT2D eigenvalue weighted by Gasteiger charge is -2.10. The van der Waals surface area contributed by atoms with Crippen molar-refractivity contribution in [3.63, 3.8) is 0 Å². The number of hydrogen-bond donors (Lipinski definition) is 1. The number of allylic oxidation sites excluding steroid dienone is 1. The maximum atomic E-state index is 5.49. The maximum Gasteiger partial charge on any atom is 0.152 e. The Labute approximate surface area is 107 Å². The summed E-state index contributed by atoms with van der Waals surface area (Å²) in [5.74, 6) is 1.95. The van der Waals surface area contributed by atoms with E-state index in [0.29, 0.717) is 12.4 Å². The van der Waals surface area contributed by atoms with E-state index in [1.807, 2.05) is 12.1 Å². The van der Waals surface area contributed by atoms with E-state index in [2.05, 4.69) is 4.99 Å². The molecule has 18 heavy (non-hydrogen) atoms. The molecule has 2 N–H and O–H groups in total. The fraction of sp³-hybridized carbons (Fsp3) is 0.308. The summed E-state index contributed by atoms with van der Waals surface area (Å²) in [6, 6.07) is 5.55. The number of benzene rings is 1. The minimum Gasteiger partial charge on any atom is -0.497 e. The van der Waals surface area contributed by atoms with Gasteiger partial charge in [-0.15, -0.1) is 0 Å². The van der Waals surface area contributed by atoms with Gasteiger partial charge in [0.15, 0.2) is 5.76 Å². The van der Waals surface area contributed by atoms with Crippen molar-refractivity contribution in [2.75, 3.05) is 21.3 Å². The highest BCUT2D eigenvalue weighted by molar-refractivity contribution is 5.75. The van der Waals surface area contributed by atoms with E-state index in [0.717, 1.165) is 17.1 Å². The van der Waals surface area contributed by atoms with Crippen LogP contribution in [0.5, 0.6) is 11.5 Å². The van der Waals surface area contributed by atoms with Crippen LogP contribution in [0, 0.1) is 0 Å². The van der Waals surface area contributed by atoms with Crippen molar-refractivity contribution < 1.29 is 14.2 Å². The molecule has 0 atom stereocenters. The number of methoxy groups -OCH3 is 2. The van der Waals surface area contributed by atoms with Crippen LogP contribution in [0.4, 0.5) is 0 Å². The Balaban J connectivity index is 2.77. The van der Waals surface area contributed by atoms with Crippen LogP contribution < -0.4 is 15.2 Å². The second kappa shape index (κ2) is 7.21. The van der Waals surface area contributed by atoms with Crippen LogP contribution in [0.2, 0.25) is 0 Å². The van der Waals surface area contributed by atoms with E-state index in [9.17, 15) is 0 Å². The monoisotopic (exact) mass is 250 g/mol. The van der Waals surface area contributed by atoms with Crippen LogP contribution >= 0.6 is 0 Å². The Hall–Kier alpha value is -2.17. The molecular formula is C13H18N2O3. The number of hydrogen-bond acceptors (Lipinski definition) is 5. The van der Waals surface area contributed by atoms with Crippen molar-refractivity contribution >= 4 is 6.21 Å². The molecule has 1 aromatic carbocycles. The first kappa shape index (κ1) is 13.9. The van der Waals surface area contributed by atoms with Gasteiger partial charge < -0.3 is 19.9 Å². The lowest BCUT2D eigenvalue weighted by atomic mass is 10.2. The second-order valence-corrected chi connectivity index (χ2v) is 3.47. The molecule has 0 aromatic heterocycles. The number of rotatable bonds is 6. The number of nitrogens with zero attached hydrogens (tertiary/aromatic N) is 1. The first-order valence-corrected chi connectivity index (χ1v) is 5.42. The van der Waals surface area contributed by atoms with Gasteiger partial charge in [0.25, 0.3) is 0 Å². The quantitative estimate of drug-likeness (QED) is 0.616. The van der Waals surface area contributed by atoms with Gasteiger partial charge in [-0.3, -0.25) is 4.99 Å². The molecule has 98 valence electrons. The third-order valence-corrected chi connectivity index (χ3v) is 2.24. The van der Waals surface area contributed by atoms with Crippen LogP contribution in [0.15, 0.2) is 35.2 Å². The van der Waals surface area contributed by atoms with Crippen LogP contribution in [0.3, 0.4) is 0 Å². The van der Waals surface area contributed by atoms with Crippen LogP contribution in [-0.2, 0) is 11.3 Å². The number of aliphatic imine (C=N–C) groups is 1. The lowest BCUT2D eigenvalue weighted by molar-refractivity contribution is 0.218. The van der Waals surface area contributed by atoms with Crippen molar-refractivity contribution in [1.82, 2.24) is 0 Å². The second-order valence-electron chi connectivity index (χ2n) is 3.47. The van der Waals surface area contributed by atoms with Crippen molar-refractivity contribution in [2.45, 2.75) is 6.61 Å². The molecule has 0 fully saturated rings. The smallest absolute Gasteiger partial charge is 0.152 e. The predicted molar refractivity (Wildman–Crippen MR) is 71.0 cm³/mol. The summed E-state index contributed by atoms with van der Waals surface area (Å²) in [7, 11) is 4.87. The van der Waals surface area contributed by atoms with E-state index in [1.54, 1.807) is 33.5 Å². The van der Waals surface area contributed by atoms with Gasteiger partial charge in [-0.2, -0.15) is 0 Å². The van der Waals surface area contributed by atoms with Gasteiger partial charge in [0, 0.05) is 19.3 Å². The molecule has 0 unspecified atom stereocenters. The van der Waals surface area contributed by atoms with Crippen molar-refractivity contribution in [3.8, 4) is 11.5 Å². The average Bonchev–Trinajstić information content (AvgIpc) is 2.42. The van der Waals surface area contributed by atoms with E-state index in [1.165, 1.54) is 6.20 Å². The predicted octanol–water partition coefficient (Wildman–Crippen LogP) is 1.72. The molecule has 0 aliphatic carbocycles. The number of ether oxygens (including phenoxy) is 3. The zero-order valence-corrected chi connectivity index (χ0v) is 10.8. The van der Waals surface area contributed by atoms with Gasteiger partial charge in [0.05, 0.1) is 20.4 Å². The van der Waals surface area contributed by atoms with E-state index in [-0.39, 0.29) is 0 Å². The first-order chi connectivity index (χ1) is 8.73. The summed E-state index contributed by atoms with van der Waals surface area (Å²) in [4.78, 5) is 3.84. The van der Waals surface area contributed by atoms with Crippen molar-refractivity contribution in [1.29, 1.82) is 0 Å². The molecule has 5 heteroatoms. The zero-order chi connectivity index (χ0) is 13.4. The van der Waals surface area contributed by atoms with Crippen molar-refractivity contribution in [3.05, 3.63) is 35.7 Å². The highest BCUT2D eigenvalue weighted by Gasteiger charge is 2.03. The van der Waals surface area contributed by atoms with E-state index in [4.69, 9.17) is 19.9 Å². The fourth-order valence-corrected chi connectivity index (χ4v) is 1.37. The topological polar surface area (TPSA) is 66.1 Å². The Kier molecular flexibility index (Phi) is 5.57. The molecule has 0 aliphatic heterocycles. The van der Waals surface area contributed by atoms with Crippen LogP contribution in [-0.4, -0.2) is 27.5 Å². The van der Waals surface area contributed by atoms with Gasteiger partial charge in [0.2, 0.25) is 0 Å². The Morgan fingerprint density at radius 2 is 1.83 bits per heavy atom. The summed E-state index contributed by atoms with van der Waals surface area (Å²) < 4.78 is 15.8. The molecule has 0 bridgehead atoms. The standard InChI is InChI=1S/C13H18N2O3/c1-15-8-13(7-14)18-9-10-4-11(16-2)6-12(5-10)17-3/h4-8H,9,14H2,1-3H3/b13-7+,15-8?. The number of nitrogens with two attached hydrogens (primary N) is 1. The van der Waals surface area contributed by atoms with Crippen LogP contribution in [0.25, 0.3) is 0 Å². The van der Waals surface area contributed by atoms with Gasteiger partial charge >= 0.3 is 0 Å². The molecule has 0 saturated carbocycles. The SMILES string of the molecule is CN=C/C(=C\N)OCc1cc(OC)cc(OC)c1. The summed E-state index contributed by atoms with van der Waals surface area (Å²) in [6.45, 7) is 0.364. The molecule has 0 radical (unpaired) electrons. The third-order valence-electron chi connectivity index (χ3n) is 2.24. The maximum absolute atomic E-state index is 5.49. The average molecular weight is 250 g/mol. The Morgan fingerprint density at radius 3 is 2.28 bits per heavy atom. The minimum atomic E-state index is 0.364. The fourth-order valence-electron chi connectivity index (χ4n) is 1.37. The molecule has 1 rings (SSSR count). The normalized spacial score (nSPS) is 11.6. The summed E-state index contributed by atoms with van der Waals surface area (Å²) in [6.07, 6.45) is 2.92. The molecule has 5 nitrogen and oxygen atoms in total. The Bertz CT molecular complexity index is 420. The largest absolute Gasteiger partial charge is 0.497 e. The zero-order valence-electron chi connectivity index (χ0n) is 10.8. The summed E-state index contributed by atoms with van der Waals surface area (Å²) in [5.41, 5.74) is 6.33. The molecular weight excluding hydrogens is 232 g/mol. The van der Waals surface area contributed by atoms with Gasteiger partial charge in [-0.05, 0) is 17.7 Å². The molecule has 0 amide bonds. The highest BCUT2D eigenvalue weighted by Crippen LogP contribution is 2.23. The molecule has 0 aliphatic rings. The lowest BCUT2D eigenvalue weighted by Crippen LogP contribution is -1.99. The molecule has 0 heterocycles. The minimum absolute atomic E-state index is 0.364. The van der Waals surface area contributed by atoms with Gasteiger partial charge in [-0.25, -0.2) is 0 Å². The molecule has 1 aromatic rings. The molecule has 0 saturated heterocycles. The van der Waals surface area contributed by atoms with Gasteiger partial charge in [0.1, 0.15) is 18.1 Å². The van der Waals surface area contributed by atoms with E-state index >= 15 is 0 Å². The first-order valence-electron chi connectivity index (χ1n) is 5.42. The summed E-state index contributed by atoms with van der Waals surface area (Å²) in [5, 5.41) is 0.